The van der Waals surface area contributed by atoms with Gasteiger partial charge in [0.2, 0.25) is 17.6 Å². The quantitative estimate of drug-likeness (QED) is 0.769. The van der Waals surface area contributed by atoms with Crippen LogP contribution in [-0.4, -0.2) is 16.0 Å². The van der Waals surface area contributed by atoms with Gasteiger partial charge in [0.1, 0.15) is 0 Å². The van der Waals surface area contributed by atoms with Crippen molar-refractivity contribution in [1.29, 1.82) is 0 Å². The highest BCUT2D eigenvalue weighted by atomic mass is 32.1. The third kappa shape index (κ3) is 3.65. The van der Waals surface area contributed by atoms with Crippen molar-refractivity contribution in [2.75, 3.05) is 5.32 Å². The molecular weight excluding hydrogens is 310 g/mol. The Morgan fingerprint density at radius 1 is 1.30 bits per heavy atom. The number of hydrogen-bond acceptors (Lipinski definition) is 5. The first-order valence-corrected chi connectivity index (χ1v) is 8.29. The van der Waals surface area contributed by atoms with Crippen molar-refractivity contribution in [3.8, 4) is 11.4 Å². The molecule has 5 nitrogen and oxygen atoms in total. The molecule has 2 heterocycles. The maximum atomic E-state index is 12.1. The number of benzene rings is 1. The second-order valence-corrected chi connectivity index (χ2v) is 6.10. The molecule has 0 fully saturated rings. The van der Waals surface area contributed by atoms with E-state index < -0.39 is 0 Å². The number of carbonyl (C=O) groups is 1. The number of carbonyl (C=O) groups excluding carboxylic acids is 1. The Morgan fingerprint density at radius 2 is 2.17 bits per heavy atom. The van der Waals surface area contributed by atoms with Crippen LogP contribution < -0.4 is 5.32 Å². The van der Waals surface area contributed by atoms with Gasteiger partial charge in [-0.1, -0.05) is 17.3 Å². The topological polar surface area (TPSA) is 68.0 Å². The van der Waals surface area contributed by atoms with Crippen LogP contribution in [0.2, 0.25) is 0 Å². The van der Waals surface area contributed by atoms with Crippen molar-refractivity contribution in [1.82, 2.24) is 10.1 Å². The lowest BCUT2D eigenvalue weighted by Gasteiger charge is -2.09. The molecule has 23 heavy (non-hydrogen) atoms. The molecule has 0 radical (unpaired) electrons. The van der Waals surface area contributed by atoms with Gasteiger partial charge in [-0.25, -0.2) is 0 Å². The van der Waals surface area contributed by atoms with E-state index in [1.165, 1.54) is 0 Å². The summed E-state index contributed by atoms with van der Waals surface area (Å²) in [5.74, 6) is 0.979. The summed E-state index contributed by atoms with van der Waals surface area (Å²) in [6, 6.07) is 7.80. The summed E-state index contributed by atoms with van der Waals surface area (Å²) in [5, 5.41) is 10.8. The van der Waals surface area contributed by atoms with Gasteiger partial charge in [0.15, 0.2) is 0 Å². The maximum absolute atomic E-state index is 12.1. The van der Waals surface area contributed by atoms with E-state index >= 15 is 0 Å². The Labute approximate surface area is 138 Å². The molecule has 2 aromatic heterocycles. The smallest absolute Gasteiger partial charge is 0.227 e. The van der Waals surface area contributed by atoms with Crippen molar-refractivity contribution >= 4 is 22.9 Å². The summed E-state index contributed by atoms with van der Waals surface area (Å²) < 4.78 is 5.20. The van der Waals surface area contributed by atoms with Gasteiger partial charge >= 0.3 is 0 Å². The van der Waals surface area contributed by atoms with Crippen LogP contribution >= 0.6 is 11.3 Å². The van der Waals surface area contributed by atoms with Crippen LogP contribution in [-0.2, 0) is 11.2 Å². The molecule has 0 aliphatic rings. The minimum atomic E-state index is -0.0611. The molecular formula is C17H17N3O2S. The van der Waals surface area contributed by atoms with Gasteiger partial charge in [-0.2, -0.15) is 16.3 Å². The first-order valence-electron chi connectivity index (χ1n) is 7.34. The maximum Gasteiger partial charge on any atom is 0.227 e. The number of amides is 1. The molecule has 118 valence electrons. The van der Waals surface area contributed by atoms with Crippen LogP contribution in [0.3, 0.4) is 0 Å². The third-order valence-electron chi connectivity index (χ3n) is 3.69. The molecule has 1 N–H and O–H groups in total. The van der Waals surface area contributed by atoms with E-state index in [4.69, 9.17) is 4.52 Å². The Kier molecular flexibility index (Phi) is 4.52. The van der Waals surface area contributed by atoms with E-state index in [1.54, 1.807) is 11.3 Å². The molecule has 0 bridgehead atoms. The lowest BCUT2D eigenvalue weighted by molar-refractivity contribution is -0.116. The summed E-state index contributed by atoms with van der Waals surface area (Å²) in [7, 11) is 0. The highest BCUT2D eigenvalue weighted by molar-refractivity contribution is 7.08. The molecule has 0 atom stereocenters. The Bertz CT molecular complexity index is 809. The molecule has 0 aliphatic carbocycles. The first-order chi connectivity index (χ1) is 11.1. The lowest BCUT2D eigenvalue weighted by atomic mass is 10.1. The average molecular weight is 327 g/mol. The molecule has 0 aliphatic heterocycles. The molecule has 0 saturated carbocycles. The standard InChI is InChI=1S/C17H17N3O2S/c1-11-4-3-5-14(12(11)2)18-15(21)6-7-16-19-17(20-22-16)13-8-9-23-10-13/h3-5,8-10H,6-7H2,1-2H3,(H,18,21). The minimum Gasteiger partial charge on any atom is -0.339 e. The van der Waals surface area contributed by atoms with Crippen molar-refractivity contribution in [3.05, 3.63) is 52.0 Å². The van der Waals surface area contributed by atoms with E-state index in [1.807, 2.05) is 48.9 Å². The fourth-order valence-corrected chi connectivity index (χ4v) is 2.82. The van der Waals surface area contributed by atoms with Crippen LogP contribution in [0.4, 0.5) is 5.69 Å². The summed E-state index contributed by atoms with van der Waals surface area (Å²) in [4.78, 5) is 16.4. The number of thiophene rings is 1. The summed E-state index contributed by atoms with van der Waals surface area (Å²) in [6.07, 6.45) is 0.729. The van der Waals surface area contributed by atoms with E-state index in [9.17, 15) is 4.79 Å². The molecule has 1 amide bonds. The van der Waals surface area contributed by atoms with Crippen molar-refractivity contribution < 1.29 is 9.32 Å². The largest absolute Gasteiger partial charge is 0.339 e. The predicted octanol–water partition coefficient (Wildman–Crippen LogP) is 3.99. The number of nitrogens with zero attached hydrogens (tertiary/aromatic N) is 2. The van der Waals surface area contributed by atoms with E-state index in [0.717, 1.165) is 22.4 Å². The van der Waals surface area contributed by atoms with Gasteiger partial charge in [-0.05, 0) is 42.5 Å². The van der Waals surface area contributed by atoms with E-state index in [2.05, 4.69) is 15.5 Å². The Morgan fingerprint density at radius 3 is 2.96 bits per heavy atom. The van der Waals surface area contributed by atoms with Gasteiger partial charge in [-0.15, -0.1) is 0 Å². The zero-order valence-corrected chi connectivity index (χ0v) is 13.8. The fraction of sp³-hybridized carbons (Fsp3) is 0.235. The van der Waals surface area contributed by atoms with E-state index in [0.29, 0.717) is 24.6 Å². The SMILES string of the molecule is Cc1cccc(NC(=O)CCc2nc(-c3ccsc3)no2)c1C. The summed E-state index contributed by atoms with van der Waals surface area (Å²) in [6.45, 7) is 4.02. The number of nitrogens with one attached hydrogen (secondary N) is 1. The van der Waals surface area contributed by atoms with Crippen molar-refractivity contribution in [2.45, 2.75) is 26.7 Å². The van der Waals surface area contributed by atoms with Gasteiger partial charge in [-0.3, -0.25) is 4.79 Å². The number of aryl methyl sites for hydroxylation is 2. The number of anilines is 1. The molecule has 0 spiro atoms. The van der Waals surface area contributed by atoms with E-state index in [-0.39, 0.29) is 5.91 Å². The predicted molar refractivity (Wildman–Crippen MR) is 90.5 cm³/mol. The Hall–Kier alpha value is -2.47. The molecule has 3 aromatic rings. The highest BCUT2D eigenvalue weighted by Gasteiger charge is 2.12. The first kappa shape index (κ1) is 15.4. The molecule has 3 rings (SSSR count). The normalized spacial score (nSPS) is 10.7. The van der Waals surface area contributed by atoms with Gasteiger partial charge in [0.25, 0.3) is 0 Å². The van der Waals surface area contributed by atoms with Gasteiger partial charge in [0.05, 0.1) is 0 Å². The zero-order chi connectivity index (χ0) is 16.2. The molecule has 1 aromatic carbocycles. The van der Waals surface area contributed by atoms with Crippen molar-refractivity contribution in [3.63, 3.8) is 0 Å². The van der Waals surface area contributed by atoms with Crippen molar-refractivity contribution in [2.24, 2.45) is 0 Å². The second kappa shape index (κ2) is 6.75. The summed E-state index contributed by atoms with van der Waals surface area (Å²) in [5.41, 5.74) is 4.02. The fourth-order valence-electron chi connectivity index (χ4n) is 2.19. The molecule has 6 heteroatoms. The number of hydrogen-bond donors (Lipinski definition) is 1. The highest BCUT2D eigenvalue weighted by Crippen LogP contribution is 2.20. The number of rotatable bonds is 5. The molecule has 0 saturated heterocycles. The second-order valence-electron chi connectivity index (χ2n) is 5.32. The number of aromatic nitrogens is 2. The van der Waals surface area contributed by atoms with Gasteiger partial charge < -0.3 is 9.84 Å². The molecule has 0 unspecified atom stereocenters. The van der Waals surface area contributed by atoms with Crippen LogP contribution in [0.1, 0.15) is 23.4 Å². The van der Waals surface area contributed by atoms with Crippen LogP contribution in [0, 0.1) is 13.8 Å². The monoisotopic (exact) mass is 327 g/mol. The van der Waals surface area contributed by atoms with Crippen LogP contribution in [0.25, 0.3) is 11.4 Å². The zero-order valence-electron chi connectivity index (χ0n) is 13.0. The van der Waals surface area contributed by atoms with Crippen LogP contribution in [0.5, 0.6) is 0 Å². The lowest BCUT2D eigenvalue weighted by Crippen LogP contribution is -2.13. The Balaban J connectivity index is 1.58. The summed E-state index contributed by atoms with van der Waals surface area (Å²) >= 11 is 1.58. The average Bonchev–Trinajstić information content (AvgIpc) is 3.20. The minimum absolute atomic E-state index is 0.0611. The van der Waals surface area contributed by atoms with Gasteiger partial charge in [0, 0.05) is 29.5 Å². The van der Waals surface area contributed by atoms with Crippen LogP contribution in [0.15, 0.2) is 39.5 Å². The third-order valence-corrected chi connectivity index (χ3v) is 4.38.